The van der Waals surface area contributed by atoms with Crippen LogP contribution in [0, 0.1) is 17.8 Å². The van der Waals surface area contributed by atoms with Crippen LogP contribution >= 0.6 is 37.7 Å². The zero-order valence-electron chi connectivity index (χ0n) is 21.9. The third kappa shape index (κ3) is 5.35. The Morgan fingerprint density at radius 2 is 1.59 bits per heavy atom. The summed E-state index contributed by atoms with van der Waals surface area (Å²) in [5.41, 5.74) is 0. The van der Waals surface area contributed by atoms with Crippen molar-refractivity contribution in [1.82, 2.24) is 4.90 Å². The minimum atomic E-state index is -0.622. The van der Waals surface area contributed by atoms with Crippen LogP contribution in [0.1, 0.15) is 79.1 Å². The molecule has 6 unspecified atom stereocenters. The maximum absolute atomic E-state index is 13.4. The maximum atomic E-state index is 13.4. The lowest BCUT2D eigenvalue weighted by molar-refractivity contribution is -0.134. The Morgan fingerprint density at radius 1 is 1.03 bits per heavy atom. The summed E-state index contributed by atoms with van der Waals surface area (Å²) in [6.07, 6.45) is 12.6. The van der Waals surface area contributed by atoms with Gasteiger partial charge in [-0.3, -0.25) is 9.69 Å². The first-order valence-corrected chi connectivity index (χ1v) is 13.8. The highest BCUT2D eigenvalue weighted by Gasteiger charge is 2.65. The number of nitrogens with zero attached hydrogens (tertiary/aromatic N) is 1. The molecular formula is C27H46ClNO3S2. The summed E-state index contributed by atoms with van der Waals surface area (Å²) < 4.78 is 10.3. The number of piperidine rings is 2. The summed E-state index contributed by atoms with van der Waals surface area (Å²) in [5.74, 6) is 2.73. The van der Waals surface area contributed by atoms with Gasteiger partial charge in [0.1, 0.15) is 5.78 Å². The molecule has 0 amide bonds. The fourth-order valence-corrected chi connectivity index (χ4v) is 7.73. The number of thiol groups is 2. The number of methoxy groups -OCH3 is 2. The van der Waals surface area contributed by atoms with Gasteiger partial charge in [0.2, 0.25) is 0 Å². The minimum Gasteiger partial charge on any atom is -0.493 e. The Balaban J connectivity index is 0.00000408. The van der Waals surface area contributed by atoms with Gasteiger partial charge in [-0.25, -0.2) is 0 Å². The number of carbonyl (C=O) groups is 1. The van der Waals surface area contributed by atoms with Gasteiger partial charge < -0.3 is 9.47 Å². The highest BCUT2D eigenvalue weighted by atomic mass is 35.5. The molecule has 7 heteroatoms. The number of carbonyl (C=O) groups excluding carboxylic acids is 1. The molecule has 0 aromatic rings. The van der Waals surface area contributed by atoms with E-state index in [-0.39, 0.29) is 24.4 Å². The molecule has 1 aliphatic carbocycles. The second-order valence-electron chi connectivity index (χ2n) is 10.7. The maximum Gasteiger partial charge on any atom is 0.157 e. The molecule has 196 valence electrons. The number of hydrogen-bond donors (Lipinski definition) is 2. The molecule has 2 aliphatic heterocycles. The second kappa shape index (κ2) is 12.3. The molecule has 0 radical (unpaired) electrons. The SMILES string of the molecule is CCCCC1C(CCCC)C2(S)C=C(OC)C(OC)=CC2(S)C2CC(=O)C(CC(C)C)CN12.Cl. The zero-order chi connectivity index (χ0) is 24.4. The van der Waals surface area contributed by atoms with E-state index >= 15 is 0 Å². The van der Waals surface area contributed by atoms with Gasteiger partial charge in [-0.1, -0.05) is 53.4 Å². The van der Waals surface area contributed by atoms with Crippen molar-refractivity contribution >= 4 is 43.4 Å². The number of Topliss-reactive ketones (excluding diaryl/α,β-unsaturated/α-hetero) is 1. The lowest BCUT2D eigenvalue weighted by atomic mass is 9.61. The van der Waals surface area contributed by atoms with E-state index < -0.39 is 9.49 Å². The van der Waals surface area contributed by atoms with E-state index in [9.17, 15) is 4.79 Å². The molecule has 2 heterocycles. The van der Waals surface area contributed by atoms with Gasteiger partial charge in [0.05, 0.1) is 23.7 Å². The minimum absolute atomic E-state index is 0. The average Bonchev–Trinajstić information content (AvgIpc) is 2.77. The smallest absolute Gasteiger partial charge is 0.157 e. The van der Waals surface area contributed by atoms with Crippen LogP contribution in [0.2, 0.25) is 0 Å². The van der Waals surface area contributed by atoms with Crippen molar-refractivity contribution in [2.75, 3.05) is 20.8 Å². The third-order valence-electron chi connectivity index (χ3n) is 8.15. The lowest BCUT2D eigenvalue weighted by Crippen LogP contribution is -2.74. The predicted octanol–water partition coefficient (Wildman–Crippen LogP) is 6.50. The van der Waals surface area contributed by atoms with Gasteiger partial charge in [0, 0.05) is 31.0 Å². The molecule has 3 aliphatic rings. The van der Waals surface area contributed by atoms with E-state index in [1.807, 2.05) is 0 Å². The van der Waals surface area contributed by atoms with Crippen LogP contribution in [-0.4, -0.2) is 53.0 Å². The molecule has 0 aromatic heterocycles. The Hall–Kier alpha value is -0.300. The molecular weight excluding hydrogens is 486 g/mol. The van der Waals surface area contributed by atoms with Crippen LogP contribution in [0.3, 0.4) is 0 Å². The van der Waals surface area contributed by atoms with Crippen molar-refractivity contribution in [3.8, 4) is 0 Å². The van der Waals surface area contributed by atoms with Crippen LogP contribution in [0.4, 0.5) is 0 Å². The number of ether oxygens (including phenoxy) is 2. The van der Waals surface area contributed by atoms with Crippen LogP contribution in [0.15, 0.2) is 23.7 Å². The Bertz CT molecular complexity index is 773. The van der Waals surface area contributed by atoms with E-state index in [1.165, 1.54) is 12.8 Å². The zero-order valence-corrected chi connectivity index (χ0v) is 24.5. The Labute approximate surface area is 224 Å². The molecule has 0 bridgehead atoms. The van der Waals surface area contributed by atoms with Crippen molar-refractivity contribution in [3.63, 3.8) is 0 Å². The number of rotatable bonds is 10. The molecule has 34 heavy (non-hydrogen) atoms. The summed E-state index contributed by atoms with van der Waals surface area (Å²) in [7, 11) is 3.36. The number of hydrogen-bond acceptors (Lipinski definition) is 6. The van der Waals surface area contributed by atoms with Crippen LogP contribution in [0.5, 0.6) is 0 Å². The molecule has 0 N–H and O–H groups in total. The number of ketones is 1. The summed E-state index contributed by atoms with van der Waals surface area (Å²) in [4.78, 5) is 16.0. The molecule has 3 rings (SSSR count). The van der Waals surface area contributed by atoms with Gasteiger partial charge in [-0.15, -0.1) is 12.4 Å². The van der Waals surface area contributed by atoms with E-state index in [0.717, 1.165) is 44.4 Å². The first-order valence-electron chi connectivity index (χ1n) is 12.9. The van der Waals surface area contributed by atoms with Crippen LogP contribution in [0.25, 0.3) is 0 Å². The monoisotopic (exact) mass is 531 g/mol. The first kappa shape index (κ1) is 29.9. The van der Waals surface area contributed by atoms with Crippen molar-refractivity contribution in [1.29, 1.82) is 0 Å². The third-order valence-corrected chi connectivity index (χ3v) is 9.95. The van der Waals surface area contributed by atoms with Crippen molar-refractivity contribution in [2.24, 2.45) is 17.8 Å². The Morgan fingerprint density at radius 3 is 2.12 bits per heavy atom. The van der Waals surface area contributed by atoms with Crippen molar-refractivity contribution in [2.45, 2.75) is 101 Å². The summed E-state index contributed by atoms with van der Waals surface area (Å²) in [6, 6.07) is 0.377. The summed E-state index contributed by atoms with van der Waals surface area (Å²) in [6.45, 7) is 9.79. The van der Waals surface area contributed by atoms with Gasteiger partial charge in [0.25, 0.3) is 0 Å². The molecule has 6 atom stereocenters. The molecule has 2 fully saturated rings. The molecule has 0 saturated carbocycles. The number of unbranched alkanes of at least 4 members (excludes halogenated alkanes) is 2. The summed E-state index contributed by atoms with van der Waals surface area (Å²) in [5, 5.41) is 0. The van der Waals surface area contributed by atoms with Crippen LogP contribution in [-0.2, 0) is 14.3 Å². The average molecular weight is 532 g/mol. The van der Waals surface area contributed by atoms with E-state index in [2.05, 4.69) is 44.7 Å². The second-order valence-corrected chi connectivity index (χ2v) is 12.2. The fourth-order valence-electron chi connectivity index (χ4n) is 6.51. The van der Waals surface area contributed by atoms with E-state index in [1.54, 1.807) is 14.2 Å². The van der Waals surface area contributed by atoms with Crippen molar-refractivity contribution in [3.05, 3.63) is 23.7 Å². The molecule has 2 saturated heterocycles. The highest BCUT2D eigenvalue weighted by Crippen LogP contribution is 2.59. The van der Waals surface area contributed by atoms with Gasteiger partial charge in [0.15, 0.2) is 11.5 Å². The van der Waals surface area contributed by atoms with Gasteiger partial charge in [-0.2, -0.15) is 25.3 Å². The molecule has 4 nitrogen and oxygen atoms in total. The predicted molar refractivity (Wildman–Crippen MR) is 150 cm³/mol. The normalized spacial score (nSPS) is 35.6. The lowest BCUT2D eigenvalue weighted by Gasteiger charge is -2.64. The van der Waals surface area contributed by atoms with E-state index in [4.69, 9.17) is 34.7 Å². The number of halogens is 1. The van der Waals surface area contributed by atoms with Crippen molar-refractivity contribution < 1.29 is 14.3 Å². The molecule has 0 spiro atoms. The van der Waals surface area contributed by atoms with Gasteiger partial charge >= 0.3 is 0 Å². The first-order chi connectivity index (χ1) is 15.7. The number of fused-ring (bicyclic) bond motifs is 3. The topological polar surface area (TPSA) is 38.8 Å². The van der Waals surface area contributed by atoms with Crippen LogP contribution < -0.4 is 0 Å². The molecule has 0 aromatic carbocycles. The summed E-state index contributed by atoms with van der Waals surface area (Å²) >= 11 is 10.9. The quantitative estimate of drug-likeness (QED) is 0.315. The largest absolute Gasteiger partial charge is 0.493 e. The van der Waals surface area contributed by atoms with E-state index in [0.29, 0.717) is 35.8 Å². The standard InChI is InChI=1S/C27H45NO3S2.ClH/c1-7-9-11-20-21(12-10-8-2)28-17-19(13-18(3)4)22(29)14-25(28)27(33)16-24(31-6)23(30-5)15-26(20,27)32;/h15-16,18-21,25,32-33H,7-14,17H2,1-6H3;1H. The fraction of sp³-hybridized carbons (Fsp3) is 0.815. The Kier molecular flexibility index (Phi) is 10.8. The van der Waals surface area contributed by atoms with Gasteiger partial charge in [-0.05, 0) is 43.3 Å². The highest BCUT2D eigenvalue weighted by molar-refractivity contribution is 7.86.